The largest absolute Gasteiger partial charge is 0.338 e. The number of fused-ring (bicyclic) bond motifs is 1. The minimum absolute atomic E-state index is 0.000720. The van der Waals surface area contributed by atoms with E-state index in [1.807, 2.05) is 17.0 Å². The molecule has 0 radical (unpaired) electrons. The van der Waals surface area contributed by atoms with Crippen LogP contribution in [0.2, 0.25) is 10.0 Å². The van der Waals surface area contributed by atoms with Gasteiger partial charge >= 0.3 is 0 Å². The predicted molar refractivity (Wildman–Crippen MR) is 85.0 cm³/mol. The third-order valence-electron chi connectivity index (χ3n) is 3.61. The lowest BCUT2D eigenvalue weighted by Crippen LogP contribution is -2.42. The molecule has 6 heteroatoms. The van der Waals surface area contributed by atoms with E-state index in [0.29, 0.717) is 28.0 Å². The Labute approximate surface area is 131 Å². The van der Waals surface area contributed by atoms with Crippen molar-refractivity contribution in [2.75, 3.05) is 13.1 Å². The second-order valence-electron chi connectivity index (χ2n) is 5.02. The highest BCUT2D eigenvalue weighted by Crippen LogP contribution is 2.37. The van der Waals surface area contributed by atoms with Crippen LogP contribution in [-0.2, 0) is 0 Å². The van der Waals surface area contributed by atoms with Gasteiger partial charge in [-0.3, -0.25) is 4.79 Å². The molecule has 1 fully saturated rings. The predicted octanol–water partition coefficient (Wildman–Crippen LogP) is 3.77. The number of benzene rings is 1. The van der Waals surface area contributed by atoms with E-state index in [9.17, 15) is 4.79 Å². The summed E-state index contributed by atoms with van der Waals surface area (Å²) in [6.07, 6.45) is 1.69. The summed E-state index contributed by atoms with van der Waals surface area (Å²) in [5, 5.41) is 2.07. The Kier molecular flexibility index (Phi) is 3.91. The highest BCUT2D eigenvalue weighted by Gasteiger charge is 2.25. The summed E-state index contributed by atoms with van der Waals surface area (Å²) >= 11 is 13.7. The van der Waals surface area contributed by atoms with E-state index in [2.05, 4.69) is 0 Å². The molecule has 3 nitrogen and oxygen atoms in total. The SMILES string of the molecule is NC1CCN(C(=O)c2sc3cc(Cl)ccc3c2Cl)CC1. The number of hydrogen-bond acceptors (Lipinski definition) is 3. The molecule has 1 aliphatic rings. The van der Waals surface area contributed by atoms with Gasteiger partial charge < -0.3 is 10.6 Å². The zero-order valence-electron chi connectivity index (χ0n) is 10.7. The van der Waals surface area contributed by atoms with Crippen molar-refractivity contribution in [3.63, 3.8) is 0 Å². The fraction of sp³-hybridized carbons (Fsp3) is 0.357. The summed E-state index contributed by atoms with van der Waals surface area (Å²) in [6.45, 7) is 1.40. The molecule has 0 spiro atoms. The minimum Gasteiger partial charge on any atom is -0.338 e. The van der Waals surface area contributed by atoms with E-state index in [4.69, 9.17) is 28.9 Å². The molecule has 2 heterocycles. The van der Waals surface area contributed by atoms with E-state index in [-0.39, 0.29) is 11.9 Å². The van der Waals surface area contributed by atoms with E-state index >= 15 is 0 Å². The van der Waals surface area contributed by atoms with Gasteiger partial charge in [0.1, 0.15) is 4.88 Å². The first kappa shape index (κ1) is 14.1. The van der Waals surface area contributed by atoms with Crippen LogP contribution in [0.4, 0.5) is 0 Å². The van der Waals surface area contributed by atoms with Crippen LogP contribution in [0.25, 0.3) is 10.1 Å². The summed E-state index contributed by atoms with van der Waals surface area (Å²) < 4.78 is 0.944. The first-order valence-corrected chi connectivity index (χ1v) is 8.06. The van der Waals surface area contributed by atoms with Gasteiger partial charge in [0.2, 0.25) is 0 Å². The number of rotatable bonds is 1. The highest BCUT2D eigenvalue weighted by atomic mass is 35.5. The molecule has 20 heavy (non-hydrogen) atoms. The van der Waals surface area contributed by atoms with Crippen molar-refractivity contribution >= 4 is 50.5 Å². The van der Waals surface area contributed by atoms with Gasteiger partial charge in [-0.25, -0.2) is 0 Å². The number of amides is 1. The van der Waals surface area contributed by atoms with Gasteiger partial charge in [-0.15, -0.1) is 11.3 Å². The van der Waals surface area contributed by atoms with Crippen molar-refractivity contribution in [2.45, 2.75) is 18.9 Å². The van der Waals surface area contributed by atoms with Gasteiger partial charge in [0, 0.05) is 34.2 Å². The zero-order valence-corrected chi connectivity index (χ0v) is 13.1. The van der Waals surface area contributed by atoms with Gasteiger partial charge in [-0.1, -0.05) is 29.3 Å². The number of carbonyl (C=O) groups is 1. The van der Waals surface area contributed by atoms with Crippen LogP contribution < -0.4 is 5.73 Å². The summed E-state index contributed by atoms with van der Waals surface area (Å²) in [7, 11) is 0. The first-order valence-electron chi connectivity index (χ1n) is 6.48. The van der Waals surface area contributed by atoms with Crippen LogP contribution in [0.1, 0.15) is 22.5 Å². The van der Waals surface area contributed by atoms with Crippen LogP contribution in [0.5, 0.6) is 0 Å². The molecule has 1 saturated heterocycles. The summed E-state index contributed by atoms with van der Waals surface area (Å²) in [5.41, 5.74) is 5.87. The van der Waals surface area contributed by atoms with E-state index in [1.165, 1.54) is 11.3 Å². The van der Waals surface area contributed by atoms with Crippen LogP contribution >= 0.6 is 34.5 Å². The third-order valence-corrected chi connectivity index (χ3v) is 5.49. The van der Waals surface area contributed by atoms with Crippen molar-refractivity contribution in [3.05, 3.63) is 33.1 Å². The molecule has 106 valence electrons. The molecule has 3 rings (SSSR count). The third kappa shape index (κ3) is 2.53. The van der Waals surface area contributed by atoms with Crippen molar-refractivity contribution in [3.8, 4) is 0 Å². The summed E-state index contributed by atoms with van der Waals surface area (Å²) in [6, 6.07) is 5.70. The number of carbonyl (C=O) groups excluding carboxylic acids is 1. The normalized spacial score (nSPS) is 16.9. The number of likely N-dealkylation sites (tertiary alicyclic amines) is 1. The lowest BCUT2D eigenvalue weighted by Gasteiger charge is -2.29. The monoisotopic (exact) mass is 328 g/mol. The molecule has 1 aliphatic heterocycles. The Morgan fingerprint density at radius 2 is 2.00 bits per heavy atom. The maximum absolute atomic E-state index is 12.6. The number of nitrogens with two attached hydrogens (primary N) is 1. The van der Waals surface area contributed by atoms with Crippen LogP contribution in [0, 0.1) is 0 Å². The van der Waals surface area contributed by atoms with E-state index in [0.717, 1.165) is 22.9 Å². The van der Waals surface area contributed by atoms with Crippen molar-refractivity contribution in [1.82, 2.24) is 4.90 Å². The molecule has 0 aliphatic carbocycles. The average Bonchev–Trinajstić information content (AvgIpc) is 2.75. The Morgan fingerprint density at radius 1 is 1.30 bits per heavy atom. The molecule has 1 aromatic heterocycles. The molecule has 1 amide bonds. The number of halogens is 2. The molecule has 0 saturated carbocycles. The van der Waals surface area contributed by atoms with Crippen molar-refractivity contribution in [1.29, 1.82) is 0 Å². The molecule has 2 N–H and O–H groups in total. The van der Waals surface area contributed by atoms with Crippen LogP contribution in [0.15, 0.2) is 18.2 Å². The van der Waals surface area contributed by atoms with E-state index in [1.54, 1.807) is 6.07 Å². The fourth-order valence-corrected chi connectivity index (χ4v) is 4.18. The second-order valence-corrected chi connectivity index (χ2v) is 6.88. The maximum atomic E-state index is 12.6. The fourth-order valence-electron chi connectivity index (χ4n) is 2.42. The van der Waals surface area contributed by atoms with Gasteiger partial charge in [-0.2, -0.15) is 0 Å². The molecule has 1 aromatic carbocycles. The Morgan fingerprint density at radius 3 is 2.70 bits per heavy atom. The number of nitrogens with zero attached hydrogens (tertiary/aromatic N) is 1. The number of thiophene rings is 1. The smallest absolute Gasteiger partial charge is 0.265 e. The first-order chi connectivity index (χ1) is 9.56. The van der Waals surface area contributed by atoms with Crippen molar-refractivity contribution < 1.29 is 4.79 Å². The number of piperidine rings is 1. The standard InChI is InChI=1S/C14H14Cl2N2OS/c15-8-1-2-10-11(7-8)20-13(12(10)16)14(19)18-5-3-9(17)4-6-18/h1-2,7,9H,3-6,17H2. The van der Waals surface area contributed by atoms with Gasteiger partial charge in [0.15, 0.2) is 0 Å². The Bertz CT molecular complexity index is 662. The lowest BCUT2D eigenvalue weighted by atomic mass is 10.1. The summed E-state index contributed by atoms with van der Waals surface area (Å²) in [4.78, 5) is 15.0. The Balaban J connectivity index is 1.93. The average molecular weight is 329 g/mol. The molecule has 0 unspecified atom stereocenters. The minimum atomic E-state index is -0.000720. The molecule has 0 bridgehead atoms. The van der Waals surface area contributed by atoms with Gasteiger partial charge in [0.05, 0.1) is 5.02 Å². The Hall–Kier alpha value is -0.810. The van der Waals surface area contributed by atoms with Crippen LogP contribution in [-0.4, -0.2) is 29.9 Å². The van der Waals surface area contributed by atoms with E-state index < -0.39 is 0 Å². The lowest BCUT2D eigenvalue weighted by molar-refractivity contribution is 0.0720. The van der Waals surface area contributed by atoms with Crippen molar-refractivity contribution in [2.24, 2.45) is 5.73 Å². The second kappa shape index (κ2) is 5.53. The van der Waals surface area contributed by atoms with Gasteiger partial charge in [0.25, 0.3) is 5.91 Å². The molecule has 0 atom stereocenters. The highest BCUT2D eigenvalue weighted by molar-refractivity contribution is 7.21. The molecule has 2 aromatic rings. The quantitative estimate of drug-likeness (QED) is 0.866. The van der Waals surface area contributed by atoms with Gasteiger partial charge in [-0.05, 0) is 25.0 Å². The molecular weight excluding hydrogens is 315 g/mol. The molecular formula is C14H14Cl2N2OS. The maximum Gasteiger partial charge on any atom is 0.265 e. The topological polar surface area (TPSA) is 46.3 Å². The summed E-state index contributed by atoms with van der Waals surface area (Å²) in [5.74, 6) is -0.000720. The zero-order chi connectivity index (χ0) is 14.3. The number of hydrogen-bond donors (Lipinski definition) is 1. The van der Waals surface area contributed by atoms with Crippen LogP contribution in [0.3, 0.4) is 0 Å².